The van der Waals surface area contributed by atoms with E-state index in [1.165, 1.54) is 0 Å². The van der Waals surface area contributed by atoms with Gasteiger partial charge in [0.2, 0.25) is 0 Å². The highest BCUT2D eigenvalue weighted by molar-refractivity contribution is 4.59. The fourth-order valence-electron chi connectivity index (χ4n) is 2.19. The third-order valence-corrected chi connectivity index (χ3v) is 3.48. The highest BCUT2D eigenvalue weighted by Crippen LogP contribution is 1.94. The van der Waals surface area contributed by atoms with E-state index in [-0.39, 0.29) is 12.7 Å². The van der Waals surface area contributed by atoms with Crippen LogP contribution in [0, 0.1) is 0 Å². The van der Waals surface area contributed by atoms with Crippen molar-refractivity contribution < 1.29 is 19.7 Å². The van der Waals surface area contributed by atoms with Crippen LogP contribution in [0.4, 0.5) is 0 Å². The van der Waals surface area contributed by atoms with Crippen molar-refractivity contribution in [3.63, 3.8) is 0 Å². The molecule has 0 spiro atoms. The van der Waals surface area contributed by atoms with Gasteiger partial charge in [-0.2, -0.15) is 0 Å². The molecule has 1 atom stereocenters. The minimum absolute atomic E-state index is 0.229. The molecule has 1 unspecified atom stereocenters. The van der Waals surface area contributed by atoms with Gasteiger partial charge in [0.1, 0.15) is 0 Å². The van der Waals surface area contributed by atoms with E-state index >= 15 is 0 Å². The van der Waals surface area contributed by atoms with Gasteiger partial charge in [-0.25, -0.2) is 0 Å². The Balaban J connectivity index is 0. The van der Waals surface area contributed by atoms with Crippen molar-refractivity contribution >= 4 is 0 Å². The van der Waals surface area contributed by atoms with Crippen molar-refractivity contribution in [2.75, 3.05) is 73.3 Å². The van der Waals surface area contributed by atoms with E-state index in [0.29, 0.717) is 0 Å². The fraction of sp³-hybridized carbons (Fsp3) is 1.00. The molecule has 0 rings (SSSR count). The molecule has 0 aromatic carbocycles. The molecule has 0 bridgehead atoms. The second-order valence-electron chi connectivity index (χ2n) is 5.59. The van der Waals surface area contributed by atoms with Crippen LogP contribution in [0.5, 0.6) is 0 Å². The van der Waals surface area contributed by atoms with Crippen molar-refractivity contribution in [3.05, 3.63) is 0 Å². The monoisotopic (exact) mass is 336 g/mol. The standard InChI is InChI=1S/C9H21NO2.C8H19NO2/c1-4-10(8-9(2)11)6-5-7-12-3;1-3-9(6-7-10)5-4-8-11-2/h9,11H,4-8H2,1-3H3;10H,3-8H2,1-2H3. The van der Waals surface area contributed by atoms with Gasteiger partial charge in [-0.1, -0.05) is 13.8 Å². The highest BCUT2D eigenvalue weighted by atomic mass is 16.5. The quantitative estimate of drug-likeness (QED) is 0.463. The molecule has 6 heteroatoms. The first-order chi connectivity index (χ1) is 11.0. The maximum atomic E-state index is 9.14. The van der Waals surface area contributed by atoms with E-state index in [2.05, 4.69) is 23.6 Å². The minimum atomic E-state index is -0.229. The maximum absolute atomic E-state index is 9.14. The zero-order valence-electron chi connectivity index (χ0n) is 16.0. The van der Waals surface area contributed by atoms with Crippen molar-refractivity contribution in [1.29, 1.82) is 0 Å². The molecule has 142 valence electrons. The van der Waals surface area contributed by atoms with Crippen LogP contribution >= 0.6 is 0 Å². The minimum Gasteiger partial charge on any atom is -0.395 e. The molecule has 0 aliphatic rings. The van der Waals surface area contributed by atoms with Crippen LogP contribution in [0.2, 0.25) is 0 Å². The van der Waals surface area contributed by atoms with Crippen molar-refractivity contribution in [2.45, 2.75) is 39.7 Å². The molecule has 0 saturated heterocycles. The molecule has 0 aliphatic carbocycles. The summed E-state index contributed by atoms with van der Waals surface area (Å²) in [7, 11) is 3.42. The van der Waals surface area contributed by atoms with Gasteiger partial charge in [0.25, 0.3) is 0 Å². The van der Waals surface area contributed by atoms with Crippen LogP contribution in [-0.4, -0.2) is 99.4 Å². The lowest BCUT2D eigenvalue weighted by Gasteiger charge is -2.21. The molecule has 0 radical (unpaired) electrons. The fourth-order valence-corrected chi connectivity index (χ4v) is 2.19. The van der Waals surface area contributed by atoms with Crippen LogP contribution < -0.4 is 0 Å². The van der Waals surface area contributed by atoms with Gasteiger partial charge < -0.3 is 29.5 Å². The summed E-state index contributed by atoms with van der Waals surface area (Å²) in [6, 6.07) is 0. The summed E-state index contributed by atoms with van der Waals surface area (Å²) in [5.41, 5.74) is 0. The lowest BCUT2D eigenvalue weighted by Crippen LogP contribution is -2.32. The topological polar surface area (TPSA) is 65.4 Å². The molecule has 0 aromatic rings. The van der Waals surface area contributed by atoms with Crippen LogP contribution in [0.3, 0.4) is 0 Å². The summed E-state index contributed by atoms with van der Waals surface area (Å²) in [4.78, 5) is 4.43. The number of methoxy groups -OCH3 is 2. The Hall–Kier alpha value is -0.240. The van der Waals surface area contributed by atoms with Crippen LogP contribution in [0.15, 0.2) is 0 Å². The molecule has 23 heavy (non-hydrogen) atoms. The first kappa shape index (κ1) is 25.0. The molecule has 0 heterocycles. The van der Waals surface area contributed by atoms with E-state index in [9.17, 15) is 0 Å². The molecular formula is C17H40N2O4. The summed E-state index contributed by atoms with van der Waals surface area (Å²) in [6.07, 6.45) is 1.86. The lowest BCUT2D eigenvalue weighted by molar-refractivity contribution is 0.118. The zero-order chi connectivity index (χ0) is 17.9. The van der Waals surface area contributed by atoms with Crippen molar-refractivity contribution in [3.8, 4) is 0 Å². The molecule has 0 saturated carbocycles. The molecule has 0 fully saturated rings. The first-order valence-electron chi connectivity index (χ1n) is 8.77. The van der Waals surface area contributed by atoms with Crippen LogP contribution in [0.25, 0.3) is 0 Å². The number of ether oxygens (including phenoxy) is 2. The predicted octanol–water partition coefficient (Wildman–Crippen LogP) is 1.06. The number of rotatable bonds is 14. The number of hydrogen-bond donors (Lipinski definition) is 2. The zero-order valence-corrected chi connectivity index (χ0v) is 16.0. The van der Waals surface area contributed by atoms with E-state index < -0.39 is 0 Å². The van der Waals surface area contributed by atoms with E-state index in [1.54, 1.807) is 14.2 Å². The molecule has 0 aromatic heterocycles. The van der Waals surface area contributed by atoms with Gasteiger partial charge >= 0.3 is 0 Å². The second-order valence-corrected chi connectivity index (χ2v) is 5.59. The second kappa shape index (κ2) is 19.8. The summed E-state index contributed by atoms with van der Waals surface area (Å²) in [5, 5.41) is 17.8. The predicted molar refractivity (Wildman–Crippen MR) is 96.0 cm³/mol. The summed E-state index contributed by atoms with van der Waals surface area (Å²) < 4.78 is 9.88. The number of nitrogens with zero attached hydrogens (tertiary/aromatic N) is 2. The number of hydrogen-bond acceptors (Lipinski definition) is 6. The Kier molecular flexibility index (Phi) is 21.5. The number of aliphatic hydroxyl groups excluding tert-OH is 2. The smallest absolute Gasteiger partial charge is 0.0639 e. The number of aliphatic hydroxyl groups is 2. The molecule has 2 N–H and O–H groups in total. The Labute approximate surface area is 143 Å². The van der Waals surface area contributed by atoms with Crippen LogP contribution in [-0.2, 0) is 9.47 Å². The Bertz CT molecular complexity index is 219. The Morgan fingerprint density at radius 1 is 0.870 bits per heavy atom. The van der Waals surface area contributed by atoms with Crippen LogP contribution in [0.1, 0.15) is 33.6 Å². The van der Waals surface area contributed by atoms with Crippen molar-refractivity contribution in [1.82, 2.24) is 9.80 Å². The summed E-state index contributed by atoms with van der Waals surface area (Å²) in [6.45, 7) is 13.5. The number of likely N-dealkylation sites (N-methyl/N-ethyl adjacent to an activating group) is 2. The third kappa shape index (κ3) is 19.7. The normalized spacial score (nSPS) is 12.4. The van der Waals surface area contributed by atoms with Gasteiger partial charge in [-0.05, 0) is 32.9 Å². The molecular weight excluding hydrogens is 296 g/mol. The van der Waals surface area contributed by atoms with Crippen molar-refractivity contribution in [2.24, 2.45) is 0 Å². The average Bonchev–Trinajstić information content (AvgIpc) is 2.53. The third-order valence-electron chi connectivity index (χ3n) is 3.48. The molecule has 0 aliphatic heterocycles. The largest absolute Gasteiger partial charge is 0.395 e. The van der Waals surface area contributed by atoms with Gasteiger partial charge in [-0.3, -0.25) is 0 Å². The van der Waals surface area contributed by atoms with Gasteiger partial charge in [0.15, 0.2) is 0 Å². The summed E-state index contributed by atoms with van der Waals surface area (Å²) >= 11 is 0. The van der Waals surface area contributed by atoms with E-state index in [0.717, 1.165) is 65.3 Å². The average molecular weight is 337 g/mol. The van der Waals surface area contributed by atoms with Gasteiger partial charge in [0.05, 0.1) is 12.7 Å². The Morgan fingerprint density at radius 2 is 1.35 bits per heavy atom. The lowest BCUT2D eigenvalue weighted by atomic mass is 10.3. The Morgan fingerprint density at radius 3 is 1.70 bits per heavy atom. The SMILES string of the molecule is CCN(CCCOC)CC(C)O.CCN(CCO)CCCOC. The molecule has 0 amide bonds. The summed E-state index contributed by atoms with van der Waals surface area (Å²) in [5.74, 6) is 0. The maximum Gasteiger partial charge on any atom is 0.0639 e. The molecule has 6 nitrogen and oxygen atoms in total. The first-order valence-corrected chi connectivity index (χ1v) is 8.77. The highest BCUT2D eigenvalue weighted by Gasteiger charge is 2.04. The van der Waals surface area contributed by atoms with E-state index in [4.69, 9.17) is 19.7 Å². The van der Waals surface area contributed by atoms with E-state index in [1.807, 2.05) is 6.92 Å². The van der Waals surface area contributed by atoms with Gasteiger partial charge in [-0.15, -0.1) is 0 Å². The van der Waals surface area contributed by atoms with Gasteiger partial charge in [0, 0.05) is 53.6 Å².